The maximum atomic E-state index is 12.7. The SMILES string of the molecule is CCOC(=O)/C(C)=C/[C@H](C(C)C)N(C)C(=O)[C@H](NC=O)C(C)C. The van der Waals surface area contributed by atoms with E-state index in [2.05, 4.69) is 5.32 Å². The molecule has 0 rings (SSSR count). The Balaban J connectivity index is 5.37. The summed E-state index contributed by atoms with van der Waals surface area (Å²) in [5.74, 6) is -0.486. The lowest BCUT2D eigenvalue weighted by Crippen LogP contribution is -2.51. The van der Waals surface area contributed by atoms with Crippen molar-refractivity contribution < 1.29 is 19.1 Å². The Bertz CT molecular complexity index is 444. The number of ether oxygens (including phenoxy) is 1. The van der Waals surface area contributed by atoms with Gasteiger partial charge in [-0.2, -0.15) is 0 Å². The highest BCUT2D eigenvalue weighted by Gasteiger charge is 2.29. The quantitative estimate of drug-likeness (QED) is 0.398. The van der Waals surface area contributed by atoms with Gasteiger partial charge in [-0.1, -0.05) is 33.8 Å². The van der Waals surface area contributed by atoms with E-state index in [1.54, 1.807) is 31.9 Å². The van der Waals surface area contributed by atoms with Gasteiger partial charge in [0.05, 0.1) is 12.6 Å². The molecule has 132 valence electrons. The second-order valence-electron chi connectivity index (χ2n) is 6.26. The van der Waals surface area contributed by atoms with Crippen LogP contribution in [-0.2, 0) is 19.1 Å². The van der Waals surface area contributed by atoms with Crippen LogP contribution in [0.4, 0.5) is 0 Å². The Hall–Kier alpha value is -1.85. The normalized spacial score (nSPS) is 14.4. The third-order valence-electron chi connectivity index (χ3n) is 3.68. The zero-order chi connectivity index (χ0) is 18.2. The number of likely N-dealkylation sites (N-methyl/N-ethyl adjacent to an activating group) is 1. The van der Waals surface area contributed by atoms with Crippen LogP contribution < -0.4 is 5.32 Å². The molecule has 0 heterocycles. The van der Waals surface area contributed by atoms with E-state index in [9.17, 15) is 14.4 Å². The molecule has 0 radical (unpaired) electrons. The fourth-order valence-corrected chi connectivity index (χ4v) is 2.31. The summed E-state index contributed by atoms with van der Waals surface area (Å²) < 4.78 is 4.98. The minimum atomic E-state index is -0.588. The Labute approximate surface area is 139 Å². The standard InChI is InChI=1S/C17H30N2O4/c1-8-23-17(22)13(6)9-14(11(2)3)19(7)16(21)15(12(4)5)18-10-20/h9-12,14-15H,8H2,1-7H3,(H,18,20)/b13-9+/t14-,15-/m1/s1. The van der Waals surface area contributed by atoms with E-state index in [1.807, 2.05) is 27.7 Å². The maximum Gasteiger partial charge on any atom is 0.333 e. The molecular formula is C17H30N2O4. The number of hydrogen-bond acceptors (Lipinski definition) is 4. The summed E-state index contributed by atoms with van der Waals surface area (Å²) in [5, 5.41) is 2.57. The Morgan fingerprint density at radius 1 is 1.17 bits per heavy atom. The molecule has 6 heteroatoms. The molecule has 0 unspecified atom stereocenters. The molecule has 23 heavy (non-hydrogen) atoms. The summed E-state index contributed by atoms with van der Waals surface area (Å²) in [6.45, 7) is 11.4. The van der Waals surface area contributed by atoms with Gasteiger partial charge in [0.25, 0.3) is 0 Å². The molecule has 0 aliphatic heterocycles. The van der Waals surface area contributed by atoms with E-state index in [1.165, 1.54) is 0 Å². The largest absolute Gasteiger partial charge is 0.463 e. The van der Waals surface area contributed by atoms with Crippen LogP contribution in [0.15, 0.2) is 11.6 Å². The third-order valence-corrected chi connectivity index (χ3v) is 3.68. The van der Waals surface area contributed by atoms with Crippen LogP contribution in [-0.4, -0.2) is 48.9 Å². The zero-order valence-corrected chi connectivity index (χ0v) is 15.3. The van der Waals surface area contributed by atoms with Gasteiger partial charge in [-0.05, 0) is 25.7 Å². The lowest BCUT2D eigenvalue weighted by molar-refractivity contribution is -0.139. The average Bonchev–Trinajstić information content (AvgIpc) is 2.48. The average molecular weight is 326 g/mol. The topological polar surface area (TPSA) is 75.7 Å². The lowest BCUT2D eigenvalue weighted by Gasteiger charge is -2.33. The molecule has 0 aliphatic rings. The Morgan fingerprint density at radius 2 is 1.74 bits per heavy atom. The highest BCUT2D eigenvalue weighted by Crippen LogP contribution is 2.16. The molecule has 1 N–H and O–H groups in total. The van der Waals surface area contributed by atoms with Crippen molar-refractivity contribution in [2.75, 3.05) is 13.7 Å². The lowest BCUT2D eigenvalue weighted by atomic mass is 9.97. The van der Waals surface area contributed by atoms with E-state index in [-0.39, 0.29) is 29.8 Å². The van der Waals surface area contributed by atoms with Gasteiger partial charge in [0.1, 0.15) is 6.04 Å². The number of rotatable bonds is 9. The molecule has 0 fully saturated rings. The van der Waals surface area contributed by atoms with Gasteiger partial charge in [0.2, 0.25) is 12.3 Å². The van der Waals surface area contributed by atoms with Crippen LogP contribution >= 0.6 is 0 Å². The van der Waals surface area contributed by atoms with Crippen molar-refractivity contribution in [3.63, 3.8) is 0 Å². The number of amides is 2. The summed E-state index contributed by atoms with van der Waals surface area (Å²) in [7, 11) is 1.68. The van der Waals surface area contributed by atoms with Crippen molar-refractivity contribution in [3.8, 4) is 0 Å². The molecule has 6 nitrogen and oxygen atoms in total. The van der Waals surface area contributed by atoms with Gasteiger partial charge in [-0.15, -0.1) is 0 Å². The van der Waals surface area contributed by atoms with Gasteiger partial charge in [0, 0.05) is 12.6 Å². The second kappa shape index (κ2) is 10.0. The van der Waals surface area contributed by atoms with Crippen molar-refractivity contribution >= 4 is 18.3 Å². The predicted octanol–water partition coefficient (Wildman–Crippen LogP) is 1.75. The molecule has 0 aromatic carbocycles. The first-order chi connectivity index (χ1) is 10.7. The highest BCUT2D eigenvalue weighted by atomic mass is 16.5. The van der Waals surface area contributed by atoms with Gasteiger partial charge in [-0.3, -0.25) is 9.59 Å². The summed E-state index contributed by atoms with van der Waals surface area (Å²) in [5.41, 5.74) is 0.467. The fraction of sp³-hybridized carbons (Fsp3) is 0.706. The molecule has 0 bridgehead atoms. The number of esters is 1. The number of nitrogens with zero attached hydrogens (tertiary/aromatic N) is 1. The smallest absolute Gasteiger partial charge is 0.333 e. The summed E-state index contributed by atoms with van der Waals surface area (Å²) in [6.07, 6.45) is 2.29. The van der Waals surface area contributed by atoms with Crippen molar-refractivity contribution in [2.24, 2.45) is 11.8 Å². The van der Waals surface area contributed by atoms with Crippen LogP contribution in [0.2, 0.25) is 0 Å². The van der Waals surface area contributed by atoms with Crippen molar-refractivity contribution in [3.05, 3.63) is 11.6 Å². The fourth-order valence-electron chi connectivity index (χ4n) is 2.31. The molecular weight excluding hydrogens is 296 g/mol. The molecule has 0 aromatic heterocycles. The van der Waals surface area contributed by atoms with Gasteiger partial charge in [-0.25, -0.2) is 4.79 Å². The number of hydrogen-bond donors (Lipinski definition) is 1. The molecule has 0 spiro atoms. The molecule has 2 atom stereocenters. The third kappa shape index (κ3) is 6.42. The zero-order valence-electron chi connectivity index (χ0n) is 15.3. The Morgan fingerprint density at radius 3 is 2.13 bits per heavy atom. The minimum Gasteiger partial charge on any atom is -0.463 e. The number of carbonyl (C=O) groups excluding carboxylic acids is 3. The van der Waals surface area contributed by atoms with E-state index < -0.39 is 6.04 Å². The summed E-state index contributed by atoms with van der Waals surface area (Å²) in [6, 6.07) is -0.850. The molecule has 0 saturated heterocycles. The van der Waals surface area contributed by atoms with E-state index >= 15 is 0 Å². The number of nitrogens with one attached hydrogen (secondary N) is 1. The Kier molecular flexibility index (Phi) is 9.22. The van der Waals surface area contributed by atoms with Gasteiger partial charge in [0.15, 0.2) is 0 Å². The highest BCUT2D eigenvalue weighted by molar-refractivity contribution is 5.88. The molecule has 0 saturated carbocycles. The molecule has 0 aromatic rings. The van der Waals surface area contributed by atoms with Crippen LogP contribution in [0.1, 0.15) is 41.5 Å². The first-order valence-electron chi connectivity index (χ1n) is 7.99. The molecule has 0 aliphatic carbocycles. The summed E-state index contributed by atoms with van der Waals surface area (Å²) >= 11 is 0. The van der Waals surface area contributed by atoms with Crippen LogP contribution in [0.25, 0.3) is 0 Å². The van der Waals surface area contributed by atoms with E-state index in [0.29, 0.717) is 18.6 Å². The first kappa shape index (κ1) is 21.1. The van der Waals surface area contributed by atoms with E-state index in [4.69, 9.17) is 4.74 Å². The monoisotopic (exact) mass is 326 g/mol. The number of carbonyl (C=O) groups is 3. The van der Waals surface area contributed by atoms with Gasteiger partial charge < -0.3 is 15.0 Å². The van der Waals surface area contributed by atoms with Crippen molar-refractivity contribution in [2.45, 2.75) is 53.6 Å². The van der Waals surface area contributed by atoms with Gasteiger partial charge >= 0.3 is 5.97 Å². The van der Waals surface area contributed by atoms with Crippen molar-refractivity contribution in [1.82, 2.24) is 10.2 Å². The van der Waals surface area contributed by atoms with Crippen molar-refractivity contribution in [1.29, 1.82) is 0 Å². The van der Waals surface area contributed by atoms with E-state index in [0.717, 1.165) is 0 Å². The first-order valence-corrected chi connectivity index (χ1v) is 7.99. The minimum absolute atomic E-state index is 0.0295. The second-order valence-corrected chi connectivity index (χ2v) is 6.26. The van der Waals surface area contributed by atoms with Crippen LogP contribution in [0.3, 0.4) is 0 Å². The van der Waals surface area contributed by atoms with Crippen LogP contribution in [0.5, 0.6) is 0 Å². The maximum absolute atomic E-state index is 12.7. The van der Waals surface area contributed by atoms with Crippen LogP contribution in [0, 0.1) is 11.8 Å². The molecule has 2 amide bonds. The summed E-state index contributed by atoms with van der Waals surface area (Å²) in [4.78, 5) is 36.8. The predicted molar refractivity (Wildman–Crippen MR) is 89.6 cm³/mol.